The van der Waals surface area contributed by atoms with Crippen LogP contribution in [0.1, 0.15) is 82.1 Å². The number of aryl methyl sites for hydroxylation is 1. The molecule has 3 rings (SSSR count). The molecule has 1 heterocycles. The highest BCUT2D eigenvalue weighted by Gasteiger charge is 2.40. The smallest absolute Gasteiger partial charge is 0.310 e. The van der Waals surface area contributed by atoms with Gasteiger partial charge in [0, 0.05) is 30.6 Å². The van der Waals surface area contributed by atoms with Gasteiger partial charge in [0.05, 0.1) is 11.4 Å². The fourth-order valence-electron chi connectivity index (χ4n) is 5.37. The molecule has 1 unspecified atom stereocenters. The van der Waals surface area contributed by atoms with Crippen molar-refractivity contribution < 1.29 is 14.3 Å². The van der Waals surface area contributed by atoms with E-state index in [0.717, 1.165) is 17.7 Å². The lowest BCUT2D eigenvalue weighted by atomic mass is 9.72. The normalized spacial score (nSPS) is 14.0. The monoisotopic (exact) mass is 505 g/mol. The van der Waals surface area contributed by atoms with Gasteiger partial charge < -0.3 is 14.0 Å². The third-order valence-electron chi connectivity index (χ3n) is 6.86. The van der Waals surface area contributed by atoms with Gasteiger partial charge in [-0.3, -0.25) is 4.79 Å². The molecule has 0 bridgehead atoms. The lowest BCUT2D eigenvalue weighted by Crippen LogP contribution is -2.43. The van der Waals surface area contributed by atoms with Crippen molar-refractivity contribution in [2.45, 2.75) is 93.3 Å². The van der Waals surface area contributed by atoms with E-state index in [0.29, 0.717) is 6.42 Å². The fraction of sp³-hybridized carbons (Fsp3) is 0.545. The molecule has 0 fully saturated rings. The van der Waals surface area contributed by atoms with Crippen LogP contribution in [-0.2, 0) is 16.6 Å². The maximum absolute atomic E-state index is 13.4. The SMILES string of the molecule is Cn1c(-c2ccccc2)cc2ccc(OC(C)(C)CC(C)(C)OC(=O)C(CC(C)(C)C)C(C)(C)C)cc21. The molecule has 4 heteroatoms. The van der Waals surface area contributed by atoms with Crippen molar-refractivity contribution in [1.82, 2.24) is 4.57 Å². The molecule has 37 heavy (non-hydrogen) atoms. The summed E-state index contributed by atoms with van der Waals surface area (Å²) in [5.41, 5.74) is 2.14. The Morgan fingerprint density at radius 2 is 1.46 bits per heavy atom. The van der Waals surface area contributed by atoms with Gasteiger partial charge in [-0.05, 0) is 68.7 Å². The minimum absolute atomic E-state index is 0.0411. The Labute approximate surface area is 224 Å². The van der Waals surface area contributed by atoms with Crippen LogP contribution in [0.3, 0.4) is 0 Å². The van der Waals surface area contributed by atoms with Gasteiger partial charge >= 0.3 is 5.97 Å². The standard InChI is InChI=1S/C33H47NO3/c1-30(2,3)21-26(31(4,5)6)29(35)37-33(9,10)22-32(7,8)36-25-18-17-24-19-27(34(11)28(24)20-25)23-15-13-12-14-16-23/h12-20,26H,21-22H2,1-11H3. The van der Waals surface area contributed by atoms with Crippen molar-refractivity contribution in [2.24, 2.45) is 23.8 Å². The molecule has 0 aliphatic carbocycles. The number of esters is 1. The Balaban J connectivity index is 1.76. The molecule has 0 saturated carbocycles. The number of rotatable bonds is 8. The van der Waals surface area contributed by atoms with Crippen LogP contribution in [0.4, 0.5) is 0 Å². The van der Waals surface area contributed by atoms with Crippen molar-refractivity contribution in [3.8, 4) is 17.0 Å². The Hall–Kier alpha value is -2.75. The van der Waals surface area contributed by atoms with E-state index in [4.69, 9.17) is 9.47 Å². The molecule has 202 valence electrons. The number of carbonyl (C=O) groups is 1. The van der Waals surface area contributed by atoms with Gasteiger partial charge in [-0.15, -0.1) is 0 Å². The van der Waals surface area contributed by atoms with Crippen LogP contribution in [0, 0.1) is 16.7 Å². The topological polar surface area (TPSA) is 40.5 Å². The Morgan fingerprint density at radius 1 is 0.838 bits per heavy atom. The highest BCUT2D eigenvalue weighted by molar-refractivity contribution is 5.88. The number of hydrogen-bond donors (Lipinski definition) is 0. The van der Waals surface area contributed by atoms with Gasteiger partial charge in [-0.2, -0.15) is 0 Å². The predicted molar refractivity (Wildman–Crippen MR) is 155 cm³/mol. The second-order valence-electron chi connectivity index (χ2n) is 14.1. The van der Waals surface area contributed by atoms with Crippen molar-refractivity contribution in [3.05, 3.63) is 54.6 Å². The number of aromatic nitrogens is 1. The summed E-state index contributed by atoms with van der Waals surface area (Å²) < 4.78 is 14.9. The Morgan fingerprint density at radius 3 is 2.03 bits per heavy atom. The van der Waals surface area contributed by atoms with E-state index in [1.807, 2.05) is 26.0 Å². The van der Waals surface area contributed by atoms with E-state index >= 15 is 0 Å². The molecule has 0 spiro atoms. The third kappa shape index (κ3) is 7.63. The summed E-state index contributed by atoms with van der Waals surface area (Å²) in [6, 6.07) is 18.9. The summed E-state index contributed by atoms with van der Waals surface area (Å²) in [4.78, 5) is 13.4. The first-order valence-electron chi connectivity index (χ1n) is 13.4. The zero-order chi connectivity index (χ0) is 27.8. The lowest BCUT2D eigenvalue weighted by molar-refractivity contribution is -0.170. The highest BCUT2D eigenvalue weighted by atomic mass is 16.6. The maximum atomic E-state index is 13.4. The van der Waals surface area contributed by atoms with E-state index in [2.05, 4.69) is 109 Å². The number of hydrogen-bond acceptors (Lipinski definition) is 3. The minimum atomic E-state index is -0.669. The molecule has 0 aliphatic rings. The van der Waals surface area contributed by atoms with E-state index in [-0.39, 0.29) is 22.7 Å². The van der Waals surface area contributed by atoms with Gasteiger partial charge in [0.1, 0.15) is 17.0 Å². The van der Waals surface area contributed by atoms with E-state index in [9.17, 15) is 4.79 Å². The first kappa shape index (κ1) is 28.8. The van der Waals surface area contributed by atoms with Crippen molar-refractivity contribution >= 4 is 16.9 Å². The lowest BCUT2D eigenvalue weighted by Gasteiger charge is -2.39. The molecule has 3 aromatic rings. The van der Waals surface area contributed by atoms with Gasteiger partial charge in [-0.25, -0.2) is 0 Å². The van der Waals surface area contributed by atoms with E-state index < -0.39 is 11.2 Å². The summed E-state index contributed by atoms with van der Waals surface area (Å²) in [7, 11) is 2.09. The number of benzene rings is 2. The molecule has 2 aromatic carbocycles. The average Bonchev–Trinajstić information content (AvgIpc) is 3.06. The summed E-state index contributed by atoms with van der Waals surface area (Å²) >= 11 is 0. The quantitative estimate of drug-likeness (QED) is 0.287. The summed E-state index contributed by atoms with van der Waals surface area (Å²) in [6.07, 6.45) is 1.35. The number of fused-ring (bicyclic) bond motifs is 1. The Kier molecular flexibility index (Phi) is 7.94. The summed E-state index contributed by atoms with van der Waals surface area (Å²) in [6.45, 7) is 21.0. The minimum Gasteiger partial charge on any atom is -0.488 e. The van der Waals surface area contributed by atoms with Crippen LogP contribution in [-0.4, -0.2) is 21.7 Å². The fourth-order valence-corrected chi connectivity index (χ4v) is 5.37. The first-order valence-corrected chi connectivity index (χ1v) is 13.4. The zero-order valence-electron chi connectivity index (χ0n) is 24.9. The molecule has 0 N–H and O–H groups in total. The van der Waals surface area contributed by atoms with Gasteiger partial charge in [-0.1, -0.05) is 71.9 Å². The van der Waals surface area contributed by atoms with Gasteiger partial charge in [0.15, 0.2) is 0 Å². The molecule has 1 atom stereocenters. The molecular formula is C33H47NO3. The van der Waals surface area contributed by atoms with E-state index in [1.54, 1.807) is 0 Å². The zero-order valence-corrected chi connectivity index (χ0v) is 24.9. The second-order valence-corrected chi connectivity index (χ2v) is 14.1. The maximum Gasteiger partial charge on any atom is 0.310 e. The second kappa shape index (κ2) is 10.2. The van der Waals surface area contributed by atoms with Crippen molar-refractivity contribution in [1.29, 1.82) is 0 Å². The molecular weight excluding hydrogens is 458 g/mol. The van der Waals surface area contributed by atoms with Crippen molar-refractivity contribution in [3.63, 3.8) is 0 Å². The average molecular weight is 506 g/mol. The predicted octanol–water partition coefficient (Wildman–Crippen LogP) is 8.81. The number of ether oxygens (including phenoxy) is 2. The molecule has 4 nitrogen and oxygen atoms in total. The van der Waals surface area contributed by atoms with Crippen LogP contribution in [0.2, 0.25) is 0 Å². The highest BCUT2D eigenvalue weighted by Crippen LogP contribution is 2.39. The van der Waals surface area contributed by atoms with Gasteiger partial charge in [0.2, 0.25) is 0 Å². The van der Waals surface area contributed by atoms with Crippen LogP contribution < -0.4 is 4.74 Å². The van der Waals surface area contributed by atoms with E-state index in [1.165, 1.54) is 16.6 Å². The number of nitrogens with zero attached hydrogens (tertiary/aromatic N) is 1. The molecule has 0 radical (unpaired) electrons. The van der Waals surface area contributed by atoms with Crippen LogP contribution >= 0.6 is 0 Å². The Bertz CT molecular complexity index is 1220. The molecule has 0 amide bonds. The van der Waals surface area contributed by atoms with Crippen molar-refractivity contribution in [2.75, 3.05) is 0 Å². The molecule has 0 saturated heterocycles. The van der Waals surface area contributed by atoms with Crippen LogP contribution in [0.5, 0.6) is 5.75 Å². The third-order valence-corrected chi connectivity index (χ3v) is 6.86. The summed E-state index contributed by atoms with van der Waals surface area (Å²) in [5.74, 6) is 0.511. The molecule has 0 aliphatic heterocycles. The molecule has 1 aromatic heterocycles. The number of carbonyl (C=O) groups excluding carboxylic acids is 1. The van der Waals surface area contributed by atoms with Crippen LogP contribution in [0.25, 0.3) is 22.2 Å². The van der Waals surface area contributed by atoms with Gasteiger partial charge in [0.25, 0.3) is 0 Å². The largest absolute Gasteiger partial charge is 0.488 e. The van der Waals surface area contributed by atoms with Crippen LogP contribution in [0.15, 0.2) is 54.6 Å². The summed E-state index contributed by atoms with van der Waals surface area (Å²) in [5, 5.41) is 1.17. The first-order chi connectivity index (χ1) is 16.9.